The second kappa shape index (κ2) is 6.89. The summed E-state index contributed by atoms with van der Waals surface area (Å²) in [7, 11) is 0. The normalized spacial score (nSPS) is 25.4. The fraction of sp³-hybridized carbons (Fsp3) is 0.667. The quantitative estimate of drug-likeness (QED) is 0.722. The van der Waals surface area contributed by atoms with Gasteiger partial charge in [-0.15, -0.1) is 0 Å². The van der Waals surface area contributed by atoms with Gasteiger partial charge in [-0.25, -0.2) is 0 Å². The van der Waals surface area contributed by atoms with Crippen molar-refractivity contribution in [2.24, 2.45) is 17.8 Å². The van der Waals surface area contributed by atoms with Gasteiger partial charge in [0.25, 0.3) is 0 Å². The van der Waals surface area contributed by atoms with Gasteiger partial charge in [0.15, 0.2) is 0 Å². The van der Waals surface area contributed by atoms with Crippen molar-refractivity contribution in [3.63, 3.8) is 0 Å². The van der Waals surface area contributed by atoms with Crippen LogP contribution in [0, 0.1) is 17.8 Å². The molecule has 0 aliphatic heterocycles. The van der Waals surface area contributed by atoms with Gasteiger partial charge in [0.05, 0.1) is 0 Å². The molecule has 1 N–H and O–H groups in total. The maximum absolute atomic E-state index is 6.48. The van der Waals surface area contributed by atoms with Crippen LogP contribution in [0.2, 0.25) is 10.0 Å². The van der Waals surface area contributed by atoms with E-state index in [9.17, 15) is 0 Å². The molecule has 0 amide bonds. The van der Waals surface area contributed by atoms with Crippen molar-refractivity contribution >= 4 is 23.2 Å². The zero-order valence-corrected chi connectivity index (χ0v) is 15.1. The van der Waals surface area contributed by atoms with E-state index in [0.717, 1.165) is 29.9 Å². The summed E-state index contributed by atoms with van der Waals surface area (Å²) in [6, 6.07) is 5.97. The molecule has 0 radical (unpaired) electrons. The first-order valence-electron chi connectivity index (χ1n) is 8.00. The molecule has 1 fully saturated rings. The Bertz CT molecular complexity index is 476. The number of rotatable bonds is 6. The lowest BCUT2D eigenvalue weighted by molar-refractivity contribution is 0.0971. The highest BCUT2D eigenvalue weighted by Crippen LogP contribution is 2.52. The topological polar surface area (TPSA) is 12.0 Å². The highest BCUT2D eigenvalue weighted by molar-refractivity contribution is 6.35. The Hall–Kier alpha value is -0.240. The Labute approximate surface area is 139 Å². The average Bonchev–Trinajstić information content (AvgIpc) is 2.32. The first kappa shape index (κ1) is 17.1. The van der Waals surface area contributed by atoms with Crippen LogP contribution in [0.25, 0.3) is 0 Å². The van der Waals surface area contributed by atoms with Crippen LogP contribution >= 0.6 is 23.2 Å². The number of hydrogen-bond donors (Lipinski definition) is 1. The minimum Gasteiger partial charge on any atom is -0.316 e. The Balaban J connectivity index is 2.17. The third kappa shape index (κ3) is 3.94. The van der Waals surface area contributed by atoms with Gasteiger partial charge in [0.2, 0.25) is 0 Å². The standard InChI is InChI=1S/C18H27Cl2N/c1-12(2)10-21-11-18(8-14(9-18)13(3)4)16-6-5-15(19)7-17(16)20/h5-7,12-14,21H,8-11H2,1-4H3. The third-order valence-electron chi connectivity index (χ3n) is 4.77. The molecule has 0 atom stereocenters. The molecule has 1 aliphatic carbocycles. The third-order valence-corrected chi connectivity index (χ3v) is 5.31. The molecule has 0 saturated heterocycles. The van der Waals surface area contributed by atoms with E-state index in [1.54, 1.807) is 0 Å². The summed E-state index contributed by atoms with van der Waals surface area (Å²) < 4.78 is 0. The van der Waals surface area contributed by atoms with Crippen LogP contribution in [0.5, 0.6) is 0 Å². The van der Waals surface area contributed by atoms with Crippen LogP contribution in [0.4, 0.5) is 0 Å². The molecule has 0 spiro atoms. The van der Waals surface area contributed by atoms with Gasteiger partial charge >= 0.3 is 0 Å². The van der Waals surface area contributed by atoms with Gasteiger partial charge in [0, 0.05) is 22.0 Å². The Morgan fingerprint density at radius 3 is 2.38 bits per heavy atom. The molecule has 0 unspecified atom stereocenters. The molecule has 118 valence electrons. The molecule has 2 rings (SSSR count). The SMILES string of the molecule is CC(C)CNCC1(c2ccc(Cl)cc2Cl)CC(C(C)C)C1. The van der Waals surface area contributed by atoms with Crippen molar-refractivity contribution in [1.29, 1.82) is 0 Å². The van der Waals surface area contributed by atoms with Gasteiger partial charge in [-0.2, -0.15) is 0 Å². The second-order valence-corrected chi connectivity index (χ2v) is 8.19. The maximum Gasteiger partial charge on any atom is 0.0458 e. The van der Waals surface area contributed by atoms with E-state index in [2.05, 4.69) is 39.1 Å². The number of nitrogens with one attached hydrogen (secondary N) is 1. The summed E-state index contributed by atoms with van der Waals surface area (Å²) in [5.41, 5.74) is 1.45. The molecule has 0 aromatic heterocycles. The summed E-state index contributed by atoms with van der Waals surface area (Å²) in [6.07, 6.45) is 2.44. The Morgan fingerprint density at radius 1 is 1.19 bits per heavy atom. The monoisotopic (exact) mass is 327 g/mol. The molecule has 0 bridgehead atoms. The van der Waals surface area contributed by atoms with Crippen molar-refractivity contribution in [2.45, 2.75) is 46.0 Å². The maximum atomic E-state index is 6.48. The molecule has 1 aromatic rings. The van der Waals surface area contributed by atoms with Gasteiger partial charge < -0.3 is 5.32 Å². The first-order chi connectivity index (χ1) is 9.84. The van der Waals surface area contributed by atoms with E-state index in [4.69, 9.17) is 23.2 Å². The highest BCUT2D eigenvalue weighted by Gasteiger charge is 2.46. The molecule has 1 saturated carbocycles. The van der Waals surface area contributed by atoms with Gasteiger partial charge in [-0.3, -0.25) is 0 Å². The summed E-state index contributed by atoms with van der Waals surface area (Å²) >= 11 is 12.5. The zero-order valence-electron chi connectivity index (χ0n) is 13.5. The van der Waals surface area contributed by atoms with E-state index < -0.39 is 0 Å². The molecular weight excluding hydrogens is 301 g/mol. The van der Waals surface area contributed by atoms with Crippen molar-refractivity contribution in [3.8, 4) is 0 Å². The number of halogens is 2. The average molecular weight is 328 g/mol. The summed E-state index contributed by atoms with van der Waals surface area (Å²) in [4.78, 5) is 0. The molecule has 21 heavy (non-hydrogen) atoms. The minimum absolute atomic E-state index is 0.186. The fourth-order valence-electron chi connectivity index (χ4n) is 3.39. The molecular formula is C18H27Cl2N. The molecule has 1 aromatic carbocycles. The van der Waals surface area contributed by atoms with Gasteiger partial charge in [-0.1, -0.05) is 57.0 Å². The smallest absolute Gasteiger partial charge is 0.0458 e. The number of hydrogen-bond acceptors (Lipinski definition) is 1. The van der Waals surface area contributed by atoms with Crippen LogP contribution in [-0.4, -0.2) is 13.1 Å². The number of benzene rings is 1. The van der Waals surface area contributed by atoms with Crippen LogP contribution in [0.1, 0.15) is 46.1 Å². The van der Waals surface area contributed by atoms with Crippen LogP contribution in [-0.2, 0) is 5.41 Å². The van der Waals surface area contributed by atoms with E-state index >= 15 is 0 Å². The summed E-state index contributed by atoms with van der Waals surface area (Å²) in [5.74, 6) is 2.22. The lowest BCUT2D eigenvalue weighted by Crippen LogP contribution is -2.50. The first-order valence-corrected chi connectivity index (χ1v) is 8.76. The summed E-state index contributed by atoms with van der Waals surface area (Å²) in [5, 5.41) is 5.17. The van der Waals surface area contributed by atoms with Crippen molar-refractivity contribution in [2.75, 3.05) is 13.1 Å². The predicted octanol–water partition coefficient (Wildman–Crippen LogP) is 5.54. The van der Waals surface area contributed by atoms with Crippen LogP contribution in [0.3, 0.4) is 0 Å². The highest BCUT2D eigenvalue weighted by atomic mass is 35.5. The van der Waals surface area contributed by atoms with E-state index in [-0.39, 0.29) is 5.41 Å². The van der Waals surface area contributed by atoms with Gasteiger partial charge in [-0.05, 0) is 54.8 Å². The molecule has 3 heteroatoms. The Kier molecular flexibility index (Phi) is 5.62. The lowest BCUT2D eigenvalue weighted by atomic mass is 9.56. The van der Waals surface area contributed by atoms with Crippen molar-refractivity contribution in [3.05, 3.63) is 33.8 Å². The largest absolute Gasteiger partial charge is 0.316 e. The lowest BCUT2D eigenvalue weighted by Gasteiger charge is -2.51. The zero-order chi connectivity index (χ0) is 15.6. The van der Waals surface area contributed by atoms with Gasteiger partial charge in [0.1, 0.15) is 0 Å². The Morgan fingerprint density at radius 2 is 1.86 bits per heavy atom. The minimum atomic E-state index is 0.186. The van der Waals surface area contributed by atoms with E-state index in [0.29, 0.717) is 10.9 Å². The van der Waals surface area contributed by atoms with E-state index in [1.165, 1.54) is 18.4 Å². The second-order valence-electron chi connectivity index (χ2n) is 7.34. The molecule has 0 heterocycles. The summed E-state index contributed by atoms with van der Waals surface area (Å²) in [6.45, 7) is 11.2. The fourth-order valence-corrected chi connectivity index (χ4v) is 4.00. The predicted molar refractivity (Wildman–Crippen MR) is 93.4 cm³/mol. The molecule has 1 aliphatic rings. The van der Waals surface area contributed by atoms with Crippen LogP contribution in [0.15, 0.2) is 18.2 Å². The molecule has 1 nitrogen and oxygen atoms in total. The van der Waals surface area contributed by atoms with Crippen molar-refractivity contribution < 1.29 is 0 Å². The van der Waals surface area contributed by atoms with E-state index in [1.807, 2.05) is 12.1 Å². The van der Waals surface area contributed by atoms with Crippen molar-refractivity contribution in [1.82, 2.24) is 5.32 Å². The van der Waals surface area contributed by atoms with Crippen LogP contribution < -0.4 is 5.32 Å².